The molecule has 0 saturated carbocycles. The molecule has 16 heavy (non-hydrogen) atoms. The Morgan fingerprint density at radius 3 is 2.94 bits per heavy atom. The maximum atomic E-state index is 5.10. The summed E-state index contributed by atoms with van der Waals surface area (Å²) in [5, 5.41) is 9.37. The van der Waals surface area contributed by atoms with Crippen LogP contribution < -0.4 is 5.32 Å². The van der Waals surface area contributed by atoms with Crippen molar-refractivity contribution in [3.8, 4) is 0 Å². The first-order chi connectivity index (χ1) is 7.77. The fraction of sp³-hybridized carbons (Fsp3) is 0.455. The molecule has 0 aliphatic rings. The number of hydrogen-bond acceptors (Lipinski definition) is 5. The predicted molar refractivity (Wildman–Crippen MR) is 63.5 cm³/mol. The van der Waals surface area contributed by atoms with E-state index in [-0.39, 0.29) is 0 Å². The van der Waals surface area contributed by atoms with Crippen molar-refractivity contribution in [3.05, 3.63) is 33.6 Å². The summed E-state index contributed by atoms with van der Waals surface area (Å²) in [6.07, 6.45) is 0.965. The molecular formula is C11H15N3OS. The summed E-state index contributed by atoms with van der Waals surface area (Å²) in [5.41, 5.74) is 5.15. The number of rotatable bonds is 5. The molecule has 5 heteroatoms. The Bertz CT molecular complexity index is 417. The first-order valence-electron chi connectivity index (χ1n) is 5.27. The molecule has 1 N–H and O–H groups in total. The minimum Gasteiger partial charge on any atom is -0.361 e. The Kier molecular flexibility index (Phi) is 3.69. The van der Waals surface area contributed by atoms with Crippen LogP contribution in [-0.2, 0) is 13.0 Å². The standard InChI is InChI=1S/C11H15N3OS/c1-8-11(9(2)15-14-8)5-12-4-3-10-6-16-7-13-10/h6-7,12H,3-5H2,1-2H3. The molecule has 0 amide bonds. The molecule has 2 aromatic heterocycles. The van der Waals surface area contributed by atoms with E-state index in [1.54, 1.807) is 11.3 Å². The molecule has 2 heterocycles. The van der Waals surface area contributed by atoms with Crippen LogP contribution in [0.1, 0.15) is 22.7 Å². The summed E-state index contributed by atoms with van der Waals surface area (Å²) in [6, 6.07) is 0. The zero-order valence-corrected chi connectivity index (χ0v) is 10.3. The molecule has 2 rings (SSSR count). The predicted octanol–water partition coefficient (Wildman–Crippen LogP) is 2.08. The topological polar surface area (TPSA) is 51.0 Å². The third-order valence-corrected chi connectivity index (χ3v) is 3.16. The van der Waals surface area contributed by atoms with Gasteiger partial charge in [0, 0.05) is 30.5 Å². The maximum Gasteiger partial charge on any atom is 0.138 e. The van der Waals surface area contributed by atoms with Gasteiger partial charge in [0.2, 0.25) is 0 Å². The average molecular weight is 237 g/mol. The van der Waals surface area contributed by atoms with Crippen molar-refractivity contribution in [1.29, 1.82) is 0 Å². The number of nitrogens with zero attached hydrogens (tertiary/aromatic N) is 2. The Balaban J connectivity index is 1.76. The van der Waals surface area contributed by atoms with Gasteiger partial charge in [0.15, 0.2) is 0 Å². The van der Waals surface area contributed by atoms with Crippen molar-refractivity contribution in [3.63, 3.8) is 0 Å². The van der Waals surface area contributed by atoms with Crippen LogP contribution in [0.15, 0.2) is 15.4 Å². The van der Waals surface area contributed by atoms with Crippen LogP contribution in [0, 0.1) is 13.8 Å². The Labute approximate surface area is 98.7 Å². The fourth-order valence-corrected chi connectivity index (χ4v) is 2.14. The monoisotopic (exact) mass is 237 g/mol. The van der Waals surface area contributed by atoms with E-state index in [2.05, 4.69) is 20.8 Å². The van der Waals surface area contributed by atoms with Crippen molar-refractivity contribution in [2.45, 2.75) is 26.8 Å². The van der Waals surface area contributed by atoms with Crippen LogP contribution in [0.3, 0.4) is 0 Å². The minimum atomic E-state index is 0.811. The zero-order valence-electron chi connectivity index (χ0n) is 9.49. The Morgan fingerprint density at radius 2 is 2.31 bits per heavy atom. The highest BCUT2D eigenvalue weighted by Crippen LogP contribution is 2.11. The highest BCUT2D eigenvalue weighted by molar-refractivity contribution is 7.07. The molecule has 0 fully saturated rings. The second kappa shape index (κ2) is 5.23. The van der Waals surface area contributed by atoms with E-state index in [1.165, 1.54) is 5.56 Å². The Morgan fingerprint density at radius 1 is 1.44 bits per heavy atom. The van der Waals surface area contributed by atoms with Gasteiger partial charge < -0.3 is 9.84 Å². The third-order valence-electron chi connectivity index (χ3n) is 2.52. The number of hydrogen-bond donors (Lipinski definition) is 1. The van der Waals surface area contributed by atoms with Crippen molar-refractivity contribution >= 4 is 11.3 Å². The number of thiazole rings is 1. The van der Waals surface area contributed by atoms with E-state index in [0.29, 0.717) is 0 Å². The smallest absolute Gasteiger partial charge is 0.138 e. The summed E-state index contributed by atoms with van der Waals surface area (Å²) < 4.78 is 5.10. The van der Waals surface area contributed by atoms with Gasteiger partial charge in [0.1, 0.15) is 5.76 Å². The summed E-state index contributed by atoms with van der Waals surface area (Å²) in [7, 11) is 0. The van der Waals surface area contributed by atoms with Gasteiger partial charge in [-0.25, -0.2) is 4.98 Å². The molecular weight excluding hydrogens is 222 g/mol. The van der Waals surface area contributed by atoms with E-state index >= 15 is 0 Å². The first-order valence-corrected chi connectivity index (χ1v) is 6.21. The number of aromatic nitrogens is 2. The second-order valence-electron chi connectivity index (χ2n) is 3.71. The molecule has 2 aromatic rings. The molecule has 0 aliphatic carbocycles. The third kappa shape index (κ3) is 2.68. The molecule has 0 radical (unpaired) electrons. The molecule has 4 nitrogen and oxygen atoms in total. The highest BCUT2D eigenvalue weighted by Gasteiger charge is 2.07. The molecule has 0 atom stereocenters. The van der Waals surface area contributed by atoms with Gasteiger partial charge in [-0.2, -0.15) is 0 Å². The summed E-state index contributed by atoms with van der Waals surface area (Å²) in [6.45, 7) is 5.64. The van der Waals surface area contributed by atoms with Crippen molar-refractivity contribution in [2.75, 3.05) is 6.54 Å². The molecule has 0 bridgehead atoms. The fourth-order valence-electron chi connectivity index (χ4n) is 1.55. The van der Waals surface area contributed by atoms with Crippen LogP contribution in [0.4, 0.5) is 0 Å². The molecule has 0 spiro atoms. The highest BCUT2D eigenvalue weighted by atomic mass is 32.1. The zero-order chi connectivity index (χ0) is 11.4. The van der Waals surface area contributed by atoms with Crippen molar-refractivity contribution in [1.82, 2.24) is 15.5 Å². The SMILES string of the molecule is Cc1noc(C)c1CNCCc1cscn1. The number of aryl methyl sites for hydroxylation is 2. The quantitative estimate of drug-likeness (QED) is 0.809. The lowest BCUT2D eigenvalue weighted by atomic mass is 10.2. The average Bonchev–Trinajstić information content (AvgIpc) is 2.87. The lowest BCUT2D eigenvalue weighted by Crippen LogP contribution is -2.17. The molecule has 0 aliphatic heterocycles. The van der Waals surface area contributed by atoms with E-state index < -0.39 is 0 Å². The van der Waals surface area contributed by atoms with Crippen LogP contribution in [0.25, 0.3) is 0 Å². The van der Waals surface area contributed by atoms with Crippen LogP contribution >= 0.6 is 11.3 Å². The van der Waals surface area contributed by atoms with Crippen molar-refractivity contribution in [2.24, 2.45) is 0 Å². The lowest BCUT2D eigenvalue weighted by molar-refractivity contribution is 0.392. The van der Waals surface area contributed by atoms with Crippen molar-refractivity contribution < 1.29 is 4.52 Å². The summed E-state index contributed by atoms with van der Waals surface area (Å²) in [5.74, 6) is 0.902. The first kappa shape index (κ1) is 11.3. The van der Waals surface area contributed by atoms with Gasteiger partial charge in [-0.3, -0.25) is 0 Å². The van der Waals surface area contributed by atoms with Gasteiger partial charge >= 0.3 is 0 Å². The largest absolute Gasteiger partial charge is 0.361 e. The molecule has 0 saturated heterocycles. The van der Waals surface area contributed by atoms with Gasteiger partial charge in [-0.1, -0.05) is 5.16 Å². The number of nitrogens with one attached hydrogen (secondary N) is 1. The van der Waals surface area contributed by atoms with Crippen LogP contribution in [0.5, 0.6) is 0 Å². The van der Waals surface area contributed by atoms with E-state index in [4.69, 9.17) is 4.52 Å². The normalized spacial score (nSPS) is 10.9. The van der Waals surface area contributed by atoms with Gasteiger partial charge in [-0.05, 0) is 13.8 Å². The molecule has 0 aromatic carbocycles. The van der Waals surface area contributed by atoms with Gasteiger partial charge in [0.25, 0.3) is 0 Å². The van der Waals surface area contributed by atoms with E-state index in [9.17, 15) is 0 Å². The summed E-state index contributed by atoms with van der Waals surface area (Å²) >= 11 is 1.64. The minimum absolute atomic E-state index is 0.811. The lowest BCUT2D eigenvalue weighted by Gasteiger charge is -2.02. The van der Waals surface area contributed by atoms with Gasteiger partial charge in [0.05, 0.1) is 16.9 Å². The maximum absolute atomic E-state index is 5.10. The summed E-state index contributed by atoms with van der Waals surface area (Å²) in [4.78, 5) is 4.23. The Hall–Kier alpha value is -1.20. The van der Waals surface area contributed by atoms with Gasteiger partial charge in [-0.15, -0.1) is 11.3 Å². The van der Waals surface area contributed by atoms with E-state index in [1.807, 2.05) is 19.4 Å². The second-order valence-corrected chi connectivity index (χ2v) is 4.43. The van der Waals surface area contributed by atoms with Crippen LogP contribution in [0.2, 0.25) is 0 Å². The van der Waals surface area contributed by atoms with E-state index in [0.717, 1.165) is 36.7 Å². The molecule has 86 valence electrons. The molecule has 0 unspecified atom stereocenters. The van der Waals surface area contributed by atoms with Crippen LogP contribution in [-0.4, -0.2) is 16.7 Å².